The summed E-state index contributed by atoms with van der Waals surface area (Å²) in [6.07, 6.45) is 10.0. The van der Waals surface area contributed by atoms with E-state index in [1.165, 1.54) is 0 Å². The number of likely N-dealkylation sites (tertiary alicyclic amines) is 2. The molecule has 0 spiro atoms. The molecule has 18 nitrogen and oxygen atoms in total. The van der Waals surface area contributed by atoms with Crippen LogP contribution in [0.25, 0.3) is 44.2 Å². The lowest BCUT2D eigenvalue weighted by Gasteiger charge is -2.33. The van der Waals surface area contributed by atoms with Crippen molar-refractivity contribution in [1.82, 2.24) is 48.5 Å². The zero-order valence-corrected chi connectivity index (χ0v) is 50.4. The number of nitrogens with zero attached hydrogens (tertiary/aromatic N) is 8. The molecule has 3 aliphatic rings. The van der Waals surface area contributed by atoms with E-state index in [0.717, 1.165) is 50.9 Å². The van der Waals surface area contributed by atoms with Crippen molar-refractivity contribution in [3.8, 4) is 11.1 Å². The summed E-state index contributed by atoms with van der Waals surface area (Å²) < 4.78 is 27.9. The summed E-state index contributed by atoms with van der Waals surface area (Å²) >= 11 is 15.8. The van der Waals surface area contributed by atoms with Crippen LogP contribution >= 0.6 is 39.1 Å². The van der Waals surface area contributed by atoms with E-state index in [9.17, 15) is 19.2 Å². The molecule has 3 saturated heterocycles. The Hall–Kier alpha value is -6.32. The predicted molar refractivity (Wildman–Crippen MR) is 317 cm³/mol. The van der Waals surface area contributed by atoms with E-state index in [-0.39, 0.29) is 35.1 Å². The standard InChI is InChI=1S/C26H28ClN5O3.C24H34BN3O5.C8H6BrClN2/c1-15-13-32-14-18(12-20(27)23(32)28-15)17-5-6-21-19(11-17)24(33)30-22(29-21)16-7-9-31(10-8-16)25(34)35-26(2,3)4;1-22(2,3)31-21(30)28-12-10-15(11-13-28)19-26-18-9-8-16(14-17(18)20(29)27-19)25-32-23(4,5)24(6,7)33-25;1-5-3-12-4-6(9)2-7(10)8(12)11-5/h5-6,11-14,16H,7-10H2,1-4H3,(H,29,30,33);8-9,14-15H,10-13H2,1-7H3,(H,26,27,29);2-4H,1H3. The molecule has 8 aromatic rings. The first-order valence-corrected chi connectivity index (χ1v) is 28.4. The average molecular weight is 1190 g/mol. The first-order chi connectivity index (χ1) is 37.5. The highest BCUT2D eigenvalue weighted by molar-refractivity contribution is 9.10. The number of amides is 2. The summed E-state index contributed by atoms with van der Waals surface area (Å²) in [7, 11) is -0.532. The van der Waals surface area contributed by atoms with Gasteiger partial charge in [0.15, 0.2) is 11.3 Å². The van der Waals surface area contributed by atoms with Crippen LogP contribution in [0, 0.1) is 13.8 Å². The van der Waals surface area contributed by atoms with Gasteiger partial charge in [0.05, 0.1) is 54.4 Å². The van der Waals surface area contributed by atoms with Crippen LogP contribution in [-0.2, 0) is 18.8 Å². The van der Waals surface area contributed by atoms with Crippen LogP contribution in [0.3, 0.4) is 0 Å². The number of rotatable bonds is 4. The fourth-order valence-corrected chi connectivity index (χ4v) is 10.9. The Morgan fingerprint density at radius 2 is 1.06 bits per heavy atom. The highest BCUT2D eigenvalue weighted by Crippen LogP contribution is 2.37. The van der Waals surface area contributed by atoms with Crippen molar-refractivity contribution in [3.05, 3.63) is 132 Å². The van der Waals surface area contributed by atoms with E-state index in [0.29, 0.717) is 88.2 Å². The van der Waals surface area contributed by atoms with Gasteiger partial charge >= 0.3 is 19.3 Å². The fourth-order valence-electron chi connectivity index (χ4n) is 9.83. The van der Waals surface area contributed by atoms with Crippen molar-refractivity contribution >= 4 is 97.0 Å². The third kappa shape index (κ3) is 13.2. The fraction of sp³-hybridized carbons (Fsp3) is 0.448. The van der Waals surface area contributed by atoms with E-state index in [1.54, 1.807) is 15.9 Å². The van der Waals surface area contributed by atoms with Crippen LogP contribution in [0.1, 0.15) is 130 Å². The molecular formula is C58H68BBrCl2N10O8. The third-order valence-electron chi connectivity index (χ3n) is 14.6. The van der Waals surface area contributed by atoms with Crippen LogP contribution in [0.5, 0.6) is 0 Å². The molecule has 0 bridgehead atoms. The summed E-state index contributed by atoms with van der Waals surface area (Å²) in [6, 6.07) is 14.9. The van der Waals surface area contributed by atoms with Gasteiger partial charge in [0.1, 0.15) is 22.9 Å². The molecule has 6 aromatic heterocycles. The number of pyridine rings is 2. The highest BCUT2D eigenvalue weighted by Gasteiger charge is 2.51. The SMILES string of the molecule is CC(C)(C)OC(=O)N1CCC(c2nc3ccc(B4OC(C)(C)C(C)(C)O4)cc3c(=O)[nH]2)CC1.Cc1cn2cc(-c3ccc4nc(C5CCN(C(=O)OC(C)(C)C)CC5)[nH]c(=O)c4c3)cc(Cl)c2n1.Cc1cn2cc(Br)cc(Cl)c2n1. The number of aromatic amines is 2. The Balaban J connectivity index is 0.000000160. The second-order valence-electron chi connectivity index (χ2n) is 23.8. The number of benzene rings is 2. The molecule has 2 aromatic carbocycles. The maximum atomic E-state index is 13.0. The van der Waals surface area contributed by atoms with E-state index in [2.05, 4.69) is 35.9 Å². The molecule has 22 heteroatoms. The van der Waals surface area contributed by atoms with Crippen LogP contribution in [0.2, 0.25) is 10.0 Å². The largest absolute Gasteiger partial charge is 0.494 e. The van der Waals surface area contributed by atoms with Crippen molar-refractivity contribution in [2.45, 2.75) is 143 Å². The predicted octanol–water partition coefficient (Wildman–Crippen LogP) is 11.7. The van der Waals surface area contributed by atoms with Gasteiger partial charge in [-0.3, -0.25) is 9.59 Å². The minimum Gasteiger partial charge on any atom is -0.444 e. The second kappa shape index (κ2) is 22.6. The van der Waals surface area contributed by atoms with Gasteiger partial charge in [-0.1, -0.05) is 35.3 Å². The molecule has 9 heterocycles. The van der Waals surface area contributed by atoms with Crippen LogP contribution in [0.15, 0.2) is 87.4 Å². The van der Waals surface area contributed by atoms with Crippen LogP contribution < -0.4 is 16.6 Å². The van der Waals surface area contributed by atoms with Crippen molar-refractivity contribution in [2.75, 3.05) is 26.2 Å². The van der Waals surface area contributed by atoms with E-state index < -0.39 is 29.5 Å². The van der Waals surface area contributed by atoms with Crippen LogP contribution in [-0.4, -0.2) is 116 Å². The van der Waals surface area contributed by atoms with E-state index in [4.69, 9.17) is 52.0 Å². The van der Waals surface area contributed by atoms with Gasteiger partial charge in [0.25, 0.3) is 11.1 Å². The number of halogens is 3. The smallest absolute Gasteiger partial charge is 0.444 e. The van der Waals surface area contributed by atoms with Crippen molar-refractivity contribution in [3.63, 3.8) is 0 Å². The number of carbonyl (C=O) groups is 2. The van der Waals surface area contributed by atoms with Crippen LogP contribution in [0.4, 0.5) is 9.59 Å². The molecular weight excluding hydrogens is 1130 g/mol. The topological polar surface area (TPSA) is 204 Å². The monoisotopic (exact) mass is 1190 g/mol. The molecule has 80 heavy (non-hydrogen) atoms. The maximum absolute atomic E-state index is 13.0. The number of nitrogens with one attached hydrogen (secondary N) is 2. The number of carbonyl (C=O) groups excluding carboxylic acids is 2. The zero-order chi connectivity index (χ0) is 57.8. The Morgan fingerprint density at radius 3 is 1.54 bits per heavy atom. The zero-order valence-electron chi connectivity index (χ0n) is 47.3. The summed E-state index contributed by atoms with van der Waals surface area (Å²) in [6.45, 7) is 25.3. The number of imidazole rings is 2. The number of ether oxygens (including phenoxy) is 2. The van der Waals surface area contributed by atoms with Gasteiger partial charge in [0.2, 0.25) is 0 Å². The number of piperidine rings is 2. The van der Waals surface area contributed by atoms with Gasteiger partial charge in [0, 0.05) is 67.3 Å². The normalized spacial score (nSPS) is 16.9. The van der Waals surface area contributed by atoms with Gasteiger partial charge in [-0.15, -0.1) is 0 Å². The lowest BCUT2D eigenvalue weighted by atomic mass is 9.78. The molecule has 0 saturated carbocycles. The number of aromatic nitrogens is 8. The van der Waals surface area contributed by atoms with Gasteiger partial charge in [-0.25, -0.2) is 29.5 Å². The minimum atomic E-state index is -0.532. The summed E-state index contributed by atoms with van der Waals surface area (Å²) in [5.41, 5.74) is 4.92. The number of H-pyrrole nitrogens is 2. The Kier molecular flexibility index (Phi) is 16.4. The highest BCUT2D eigenvalue weighted by atomic mass is 79.9. The molecule has 0 atom stereocenters. The molecule has 0 radical (unpaired) electrons. The Morgan fingerprint density at radius 1 is 0.625 bits per heavy atom. The average Bonchev–Trinajstić information content (AvgIpc) is 4.03. The van der Waals surface area contributed by atoms with E-state index in [1.807, 2.05) is 159 Å². The maximum Gasteiger partial charge on any atom is 0.494 e. The lowest BCUT2D eigenvalue weighted by Crippen LogP contribution is -2.41. The first-order valence-electron chi connectivity index (χ1n) is 26.8. The van der Waals surface area contributed by atoms with Crippen molar-refractivity contribution in [2.24, 2.45) is 0 Å². The molecule has 2 amide bonds. The molecule has 11 rings (SSSR count). The summed E-state index contributed by atoms with van der Waals surface area (Å²) in [5, 5.41) is 2.25. The number of aryl methyl sites for hydroxylation is 2. The first kappa shape index (κ1) is 58.3. The quantitative estimate of drug-likeness (QED) is 0.158. The molecule has 422 valence electrons. The van der Waals surface area contributed by atoms with Crippen molar-refractivity contribution < 1.29 is 28.4 Å². The second-order valence-corrected chi connectivity index (χ2v) is 25.5. The van der Waals surface area contributed by atoms with Crippen molar-refractivity contribution in [1.29, 1.82) is 0 Å². The third-order valence-corrected chi connectivity index (χ3v) is 15.6. The molecule has 3 fully saturated rings. The van der Waals surface area contributed by atoms with E-state index >= 15 is 0 Å². The lowest BCUT2D eigenvalue weighted by molar-refractivity contribution is 0.00578. The molecule has 3 aliphatic heterocycles. The molecule has 0 aliphatic carbocycles. The summed E-state index contributed by atoms with van der Waals surface area (Å²) in [5.74, 6) is 1.50. The minimum absolute atomic E-state index is 0.0798. The Labute approximate surface area is 483 Å². The number of hydrogen-bond donors (Lipinski definition) is 2. The van der Waals surface area contributed by atoms with Gasteiger partial charge in [-0.2, -0.15) is 0 Å². The molecule has 2 N–H and O–H groups in total. The number of hydrogen-bond acceptors (Lipinski definition) is 12. The summed E-state index contributed by atoms with van der Waals surface area (Å²) in [4.78, 5) is 78.2. The Bertz CT molecular complexity index is 3760. The van der Waals surface area contributed by atoms with Gasteiger partial charge in [-0.05, 0) is 178 Å². The molecule has 0 unspecified atom stereocenters. The van der Waals surface area contributed by atoms with Gasteiger partial charge < -0.3 is 47.4 Å². The number of fused-ring (bicyclic) bond motifs is 4.